The largest absolute Gasteiger partial charge is 0.508 e. The summed E-state index contributed by atoms with van der Waals surface area (Å²) >= 11 is 3.22. The second-order valence-corrected chi connectivity index (χ2v) is 5.95. The van der Waals surface area contributed by atoms with Gasteiger partial charge in [0.15, 0.2) is 0 Å². The maximum absolute atomic E-state index is 11.9. The van der Waals surface area contributed by atoms with Gasteiger partial charge in [0.05, 0.1) is 0 Å². The SMILES string of the molecule is O=S(=O)(Oc1ccc(O)cc1)c1ccc(Br)cc1. The zero-order valence-electron chi connectivity index (χ0n) is 9.08. The highest BCUT2D eigenvalue weighted by molar-refractivity contribution is 9.10. The van der Waals surface area contributed by atoms with Crippen LogP contribution >= 0.6 is 15.9 Å². The molecule has 2 aromatic rings. The van der Waals surface area contributed by atoms with Gasteiger partial charge >= 0.3 is 10.1 Å². The van der Waals surface area contributed by atoms with Crippen molar-refractivity contribution >= 4 is 26.0 Å². The molecule has 0 atom stereocenters. The first-order valence-electron chi connectivity index (χ1n) is 4.96. The molecule has 0 aliphatic carbocycles. The van der Waals surface area contributed by atoms with E-state index in [2.05, 4.69) is 15.9 Å². The molecule has 0 aliphatic heterocycles. The molecule has 2 rings (SSSR count). The molecule has 4 nitrogen and oxygen atoms in total. The summed E-state index contributed by atoms with van der Waals surface area (Å²) in [5.74, 6) is 0.194. The van der Waals surface area contributed by atoms with Crippen LogP contribution in [0.25, 0.3) is 0 Å². The first-order chi connectivity index (χ1) is 8.47. The number of aromatic hydroxyl groups is 1. The Morgan fingerprint density at radius 3 is 2.06 bits per heavy atom. The highest BCUT2D eigenvalue weighted by Gasteiger charge is 2.16. The van der Waals surface area contributed by atoms with Crippen molar-refractivity contribution in [2.24, 2.45) is 0 Å². The average Bonchev–Trinajstić information content (AvgIpc) is 2.32. The molecule has 0 saturated heterocycles. The van der Waals surface area contributed by atoms with Gasteiger partial charge < -0.3 is 9.29 Å². The van der Waals surface area contributed by atoms with Gasteiger partial charge in [0, 0.05) is 4.47 Å². The number of hydrogen-bond donors (Lipinski definition) is 1. The Hall–Kier alpha value is -1.53. The third-order valence-electron chi connectivity index (χ3n) is 2.14. The maximum atomic E-state index is 11.9. The van der Waals surface area contributed by atoms with Gasteiger partial charge in [-0.15, -0.1) is 0 Å². The van der Waals surface area contributed by atoms with Crippen molar-refractivity contribution in [3.05, 3.63) is 53.0 Å². The molecule has 2 aromatic carbocycles. The molecule has 0 saturated carbocycles. The van der Waals surface area contributed by atoms with E-state index < -0.39 is 10.1 Å². The summed E-state index contributed by atoms with van der Waals surface area (Å²) in [7, 11) is -3.85. The molecule has 0 radical (unpaired) electrons. The molecule has 18 heavy (non-hydrogen) atoms. The summed E-state index contributed by atoms with van der Waals surface area (Å²) in [6, 6.07) is 11.6. The van der Waals surface area contributed by atoms with E-state index in [9.17, 15) is 8.42 Å². The van der Waals surface area contributed by atoms with Crippen LogP contribution < -0.4 is 4.18 Å². The molecule has 0 heterocycles. The first kappa shape index (κ1) is 12.9. The lowest BCUT2D eigenvalue weighted by molar-refractivity contribution is 0.468. The summed E-state index contributed by atoms with van der Waals surface area (Å²) < 4.78 is 29.5. The van der Waals surface area contributed by atoms with Gasteiger partial charge in [-0.3, -0.25) is 0 Å². The summed E-state index contributed by atoms with van der Waals surface area (Å²) in [6.07, 6.45) is 0. The van der Waals surface area contributed by atoms with Crippen molar-refractivity contribution < 1.29 is 17.7 Å². The van der Waals surface area contributed by atoms with Crippen LogP contribution in [0.15, 0.2) is 57.9 Å². The number of benzene rings is 2. The Morgan fingerprint density at radius 2 is 1.50 bits per heavy atom. The number of hydrogen-bond acceptors (Lipinski definition) is 4. The van der Waals surface area contributed by atoms with Crippen molar-refractivity contribution in [2.45, 2.75) is 4.90 Å². The smallest absolute Gasteiger partial charge is 0.339 e. The second kappa shape index (κ2) is 4.99. The molecule has 94 valence electrons. The normalized spacial score (nSPS) is 11.2. The number of phenols is 1. The van der Waals surface area contributed by atoms with Gasteiger partial charge in [0.1, 0.15) is 16.4 Å². The molecule has 0 aromatic heterocycles. The number of halogens is 1. The standard InChI is InChI=1S/C12H9BrO4S/c13-9-1-7-12(8-2-9)18(15,16)17-11-5-3-10(14)4-6-11/h1-8,14H. The topological polar surface area (TPSA) is 63.6 Å². The van der Waals surface area contributed by atoms with Crippen LogP contribution in [-0.4, -0.2) is 13.5 Å². The summed E-state index contributed by atoms with van der Waals surface area (Å²) in [5.41, 5.74) is 0. The number of phenolic OH excluding ortho intramolecular Hbond substituents is 1. The van der Waals surface area contributed by atoms with Crippen molar-refractivity contribution in [1.29, 1.82) is 0 Å². The van der Waals surface area contributed by atoms with E-state index in [1.165, 1.54) is 36.4 Å². The van der Waals surface area contributed by atoms with Crippen LogP contribution in [0, 0.1) is 0 Å². The predicted octanol–water partition coefficient (Wildman–Crippen LogP) is 2.92. The average molecular weight is 329 g/mol. The molecule has 1 N–H and O–H groups in total. The Bertz CT molecular complexity index is 633. The fourth-order valence-electron chi connectivity index (χ4n) is 1.28. The van der Waals surface area contributed by atoms with E-state index in [1.807, 2.05) is 0 Å². The Morgan fingerprint density at radius 1 is 0.944 bits per heavy atom. The van der Waals surface area contributed by atoms with Gasteiger partial charge in [-0.25, -0.2) is 0 Å². The monoisotopic (exact) mass is 328 g/mol. The molecule has 0 aliphatic rings. The lowest BCUT2D eigenvalue weighted by Gasteiger charge is -2.06. The van der Waals surface area contributed by atoms with E-state index in [0.29, 0.717) is 0 Å². The minimum absolute atomic E-state index is 0.0448. The van der Waals surface area contributed by atoms with E-state index in [0.717, 1.165) is 4.47 Å². The highest BCUT2D eigenvalue weighted by Crippen LogP contribution is 2.22. The zero-order valence-corrected chi connectivity index (χ0v) is 11.5. The van der Waals surface area contributed by atoms with Gasteiger partial charge in [-0.05, 0) is 48.5 Å². The molecule has 0 amide bonds. The predicted molar refractivity (Wildman–Crippen MR) is 70.1 cm³/mol. The molecule has 0 bridgehead atoms. The summed E-state index contributed by atoms with van der Waals surface area (Å²) in [6.45, 7) is 0. The zero-order chi connectivity index (χ0) is 13.2. The molecule has 0 spiro atoms. The molecular weight excluding hydrogens is 320 g/mol. The third-order valence-corrected chi connectivity index (χ3v) is 3.94. The molecule has 6 heteroatoms. The minimum Gasteiger partial charge on any atom is -0.508 e. The first-order valence-corrected chi connectivity index (χ1v) is 7.16. The molecule has 0 fully saturated rings. The van der Waals surface area contributed by atoms with Gasteiger partial charge in [0.2, 0.25) is 0 Å². The lowest BCUT2D eigenvalue weighted by Crippen LogP contribution is -2.09. The quantitative estimate of drug-likeness (QED) is 0.880. The van der Waals surface area contributed by atoms with Crippen LogP contribution in [0.5, 0.6) is 11.5 Å². The van der Waals surface area contributed by atoms with Crippen molar-refractivity contribution in [3.63, 3.8) is 0 Å². The van der Waals surface area contributed by atoms with Crippen molar-refractivity contribution in [3.8, 4) is 11.5 Å². The Labute approximate surface area is 113 Å². The van der Waals surface area contributed by atoms with E-state index in [-0.39, 0.29) is 16.4 Å². The number of rotatable bonds is 3. The van der Waals surface area contributed by atoms with Gasteiger partial charge in [-0.1, -0.05) is 15.9 Å². The molecular formula is C12H9BrO4S. The Kier molecular flexibility index (Phi) is 3.58. The summed E-state index contributed by atoms with van der Waals surface area (Å²) in [4.78, 5) is 0.0683. The third kappa shape index (κ3) is 3.02. The van der Waals surface area contributed by atoms with Crippen molar-refractivity contribution in [1.82, 2.24) is 0 Å². The van der Waals surface area contributed by atoms with Crippen LogP contribution in [0.3, 0.4) is 0 Å². The fourth-order valence-corrected chi connectivity index (χ4v) is 2.47. The van der Waals surface area contributed by atoms with Crippen LogP contribution in [-0.2, 0) is 10.1 Å². The van der Waals surface area contributed by atoms with Crippen molar-refractivity contribution in [2.75, 3.05) is 0 Å². The van der Waals surface area contributed by atoms with E-state index in [4.69, 9.17) is 9.29 Å². The van der Waals surface area contributed by atoms with Gasteiger partial charge in [0.25, 0.3) is 0 Å². The van der Waals surface area contributed by atoms with Crippen LogP contribution in [0.2, 0.25) is 0 Å². The fraction of sp³-hybridized carbons (Fsp3) is 0. The molecule has 0 unspecified atom stereocenters. The summed E-state index contributed by atoms with van der Waals surface area (Å²) in [5, 5.41) is 9.09. The Balaban J connectivity index is 2.27. The minimum atomic E-state index is -3.85. The van der Waals surface area contributed by atoms with Gasteiger partial charge in [-0.2, -0.15) is 8.42 Å². The van der Waals surface area contributed by atoms with Crippen LogP contribution in [0.1, 0.15) is 0 Å². The van der Waals surface area contributed by atoms with E-state index in [1.54, 1.807) is 12.1 Å². The second-order valence-electron chi connectivity index (χ2n) is 3.49. The highest BCUT2D eigenvalue weighted by atomic mass is 79.9. The van der Waals surface area contributed by atoms with E-state index >= 15 is 0 Å². The maximum Gasteiger partial charge on any atom is 0.339 e. The van der Waals surface area contributed by atoms with Crippen LogP contribution in [0.4, 0.5) is 0 Å². The lowest BCUT2D eigenvalue weighted by atomic mass is 10.3.